The van der Waals surface area contributed by atoms with Crippen molar-refractivity contribution in [3.63, 3.8) is 0 Å². The quantitative estimate of drug-likeness (QED) is 0.330. The lowest BCUT2D eigenvalue weighted by Gasteiger charge is -2.35. The normalized spacial score (nSPS) is 16.2. The molecule has 4 aromatic heterocycles. The molecule has 4 aromatic rings. The summed E-state index contributed by atoms with van der Waals surface area (Å²) in [5, 5.41) is 3.23. The molecule has 0 amide bonds. The van der Waals surface area contributed by atoms with E-state index in [4.69, 9.17) is 0 Å². The van der Waals surface area contributed by atoms with Crippen LogP contribution in [-0.2, 0) is 6.18 Å². The SMILES string of the molecule is Cc1ccnc(C(C)C)c1-n1c(=O)nc(N2CCNCC2C)c2cc(F)c(Sc3cccnc3C(F)(F)F)nc21. The maximum Gasteiger partial charge on any atom is 0.434 e. The molecular formula is C27H27F4N7OS. The van der Waals surface area contributed by atoms with Gasteiger partial charge in [0.1, 0.15) is 10.8 Å². The van der Waals surface area contributed by atoms with Crippen molar-refractivity contribution in [2.24, 2.45) is 0 Å². The van der Waals surface area contributed by atoms with Crippen LogP contribution >= 0.6 is 11.8 Å². The van der Waals surface area contributed by atoms with Gasteiger partial charge in [-0.3, -0.25) is 9.97 Å². The number of aryl methyl sites for hydroxylation is 1. The molecule has 1 aliphatic rings. The average Bonchev–Trinajstić information content (AvgIpc) is 2.89. The third-order valence-corrected chi connectivity index (χ3v) is 7.74. The first-order valence-corrected chi connectivity index (χ1v) is 13.6. The van der Waals surface area contributed by atoms with Gasteiger partial charge < -0.3 is 10.2 Å². The molecular weight excluding hydrogens is 546 g/mol. The largest absolute Gasteiger partial charge is 0.434 e. The van der Waals surface area contributed by atoms with Gasteiger partial charge >= 0.3 is 11.9 Å². The first kappa shape index (κ1) is 28.0. The molecule has 1 saturated heterocycles. The number of hydrogen-bond donors (Lipinski definition) is 1. The predicted octanol–water partition coefficient (Wildman–Crippen LogP) is 5.11. The van der Waals surface area contributed by atoms with Gasteiger partial charge in [-0.2, -0.15) is 18.2 Å². The van der Waals surface area contributed by atoms with Crippen LogP contribution < -0.4 is 15.9 Å². The van der Waals surface area contributed by atoms with Crippen LogP contribution in [0.2, 0.25) is 0 Å². The summed E-state index contributed by atoms with van der Waals surface area (Å²) >= 11 is 0.505. The Balaban J connectivity index is 1.81. The van der Waals surface area contributed by atoms with E-state index < -0.39 is 23.4 Å². The molecule has 8 nitrogen and oxygen atoms in total. The van der Waals surface area contributed by atoms with Gasteiger partial charge in [-0.15, -0.1) is 0 Å². The summed E-state index contributed by atoms with van der Waals surface area (Å²) in [7, 11) is 0. The Morgan fingerprint density at radius 3 is 2.62 bits per heavy atom. The molecule has 5 heterocycles. The van der Waals surface area contributed by atoms with Crippen LogP contribution in [0, 0.1) is 12.7 Å². The molecule has 0 spiro atoms. The van der Waals surface area contributed by atoms with Gasteiger partial charge in [0.25, 0.3) is 0 Å². The highest BCUT2D eigenvalue weighted by molar-refractivity contribution is 7.99. The van der Waals surface area contributed by atoms with Crippen molar-refractivity contribution in [1.29, 1.82) is 0 Å². The Labute approximate surface area is 231 Å². The second-order valence-electron chi connectivity index (χ2n) is 9.91. The summed E-state index contributed by atoms with van der Waals surface area (Å²) in [6.45, 7) is 9.44. The third-order valence-electron chi connectivity index (χ3n) is 6.71. The van der Waals surface area contributed by atoms with E-state index in [1.54, 1.807) is 12.3 Å². The summed E-state index contributed by atoms with van der Waals surface area (Å²) in [4.78, 5) is 32.2. The molecule has 40 heavy (non-hydrogen) atoms. The highest BCUT2D eigenvalue weighted by Gasteiger charge is 2.36. The van der Waals surface area contributed by atoms with Gasteiger partial charge in [-0.25, -0.2) is 18.7 Å². The summed E-state index contributed by atoms with van der Waals surface area (Å²) in [6.07, 6.45) is -2.07. The van der Waals surface area contributed by atoms with Crippen molar-refractivity contribution >= 4 is 28.6 Å². The van der Waals surface area contributed by atoms with Crippen LogP contribution in [0.4, 0.5) is 23.4 Å². The molecule has 1 aliphatic heterocycles. The summed E-state index contributed by atoms with van der Waals surface area (Å²) < 4.78 is 57.9. The van der Waals surface area contributed by atoms with E-state index in [0.29, 0.717) is 42.8 Å². The fourth-order valence-corrected chi connectivity index (χ4v) is 5.72. The minimum Gasteiger partial charge on any atom is -0.351 e. The lowest BCUT2D eigenvalue weighted by Crippen LogP contribution is -2.50. The monoisotopic (exact) mass is 573 g/mol. The predicted molar refractivity (Wildman–Crippen MR) is 145 cm³/mol. The topological polar surface area (TPSA) is 88.8 Å². The van der Waals surface area contributed by atoms with Crippen LogP contribution in [0.15, 0.2) is 51.4 Å². The number of piperazine rings is 1. The van der Waals surface area contributed by atoms with Crippen molar-refractivity contribution in [3.05, 3.63) is 69.9 Å². The molecule has 0 aliphatic carbocycles. The van der Waals surface area contributed by atoms with E-state index in [9.17, 15) is 18.0 Å². The minimum atomic E-state index is -4.74. The van der Waals surface area contributed by atoms with Crippen molar-refractivity contribution in [3.8, 4) is 5.69 Å². The molecule has 1 atom stereocenters. The Morgan fingerprint density at radius 1 is 1.15 bits per heavy atom. The van der Waals surface area contributed by atoms with Gasteiger partial charge in [-0.05, 0) is 49.6 Å². The van der Waals surface area contributed by atoms with Crippen LogP contribution in [0.3, 0.4) is 0 Å². The summed E-state index contributed by atoms with van der Waals surface area (Å²) in [6, 6.07) is 5.45. The van der Waals surface area contributed by atoms with E-state index in [2.05, 4.69) is 25.3 Å². The number of fused-ring (bicyclic) bond motifs is 1. The fraction of sp³-hybridized carbons (Fsp3) is 0.370. The highest BCUT2D eigenvalue weighted by Crippen LogP contribution is 2.39. The molecule has 13 heteroatoms. The number of pyridine rings is 3. The van der Waals surface area contributed by atoms with Gasteiger partial charge in [0.2, 0.25) is 0 Å². The molecule has 0 bridgehead atoms. The van der Waals surface area contributed by atoms with Crippen molar-refractivity contribution in [2.45, 2.75) is 55.8 Å². The number of aromatic nitrogens is 5. The Bertz CT molecular complexity index is 1640. The third kappa shape index (κ3) is 5.15. The Hall–Kier alpha value is -3.58. The molecule has 5 rings (SSSR count). The number of nitrogens with zero attached hydrogens (tertiary/aromatic N) is 6. The second kappa shape index (κ2) is 10.8. The molecule has 210 valence electrons. The first-order chi connectivity index (χ1) is 19.0. The molecule has 0 aromatic carbocycles. The Kier molecular flexibility index (Phi) is 7.53. The zero-order chi connectivity index (χ0) is 28.8. The van der Waals surface area contributed by atoms with Crippen molar-refractivity contribution in [2.75, 3.05) is 24.5 Å². The highest BCUT2D eigenvalue weighted by atomic mass is 32.2. The number of hydrogen-bond acceptors (Lipinski definition) is 8. The van der Waals surface area contributed by atoms with Gasteiger partial charge in [-0.1, -0.05) is 25.6 Å². The van der Waals surface area contributed by atoms with Crippen LogP contribution in [0.1, 0.15) is 43.6 Å². The number of anilines is 1. The lowest BCUT2D eigenvalue weighted by atomic mass is 10.0. The average molecular weight is 574 g/mol. The van der Waals surface area contributed by atoms with Gasteiger partial charge in [0, 0.05) is 43.0 Å². The van der Waals surface area contributed by atoms with E-state index in [-0.39, 0.29) is 38.7 Å². The number of alkyl halides is 3. The number of nitrogens with one attached hydrogen (secondary N) is 1. The maximum atomic E-state index is 15.7. The Morgan fingerprint density at radius 2 is 1.93 bits per heavy atom. The summed E-state index contributed by atoms with van der Waals surface area (Å²) in [5.41, 5.74) is 0.0968. The fourth-order valence-electron chi connectivity index (χ4n) is 4.81. The van der Waals surface area contributed by atoms with E-state index >= 15 is 4.39 Å². The summed E-state index contributed by atoms with van der Waals surface area (Å²) in [5.74, 6) is -0.639. The number of halogens is 4. The minimum absolute atomic E-state index is 0.0482. The van der Waals surface area contributed by atoms with Crippen LogP contribution in [0.25, 0.3) is 16.7 Å². The van der Waals surface area contributed by atoms with Gasteiger partial charge in [0.15, 0.2) is 17.2 Å². The second-order valence-corrected chi connectivity index (χ2v) is 10.9. The van der Waals surface area contributed by atoms with Crippen molar-refractivity contribution in [1.82, 2.24) is 29.8 Å². The zero-order valence-corrected chi connectivity index (χ0v) is 23.1. The van der Waals surface area contributed by atoms with Gasteiger partial charge in [0.05, 0.1) is 16.8 Å². The van der Waals surface area contributed by atoms with E-state index in [0.717, 1.165) is 11.8 Å². The van der Waals surface area contributed by atoms with E-state index in [1.807, 2.05) is 32.6 Å². The maximum absolute atomic E-state index is 15.7. The smallest absolute Gasteiger partial charge is 0.351 e. The molecule has 0 radical (unpaired) electrons. The lowest BCUT2D eigenvalue weighted by molar-refractivity contribution is -0.143. The zero-order valence-electron chi connectivity index (χ0n) is 22.3. The number of rotatable bonds is 5. The first-order valence-electron chi connectivity index (χ1n) is 12.7. The van der Waals surface area contributed by atoms with Crippen LogP contribution in [0.5, 0.6) is 0 Å². The molecule has 1 unspecified atom stereocenters. The van der Waals surface area contributed by atoms with Crippen molar-refractivity contribution < 1.29 is 17.6 Å². The van der Waals surface area contributed by atoms with Crippen LogP contribution in [-0.4, -0.2) is 50.2 Å². The standard InChI is InChI=1S/C27H27F4N7OS/c1-14(2)20-21(15(3)7-9-33-20)38-24-17(23(36-26(38)39)37-11-10-32-13-16(37)4)12-18(28)25(35-24)40-19-6-5-8-34-22(19)27(29,30)31/h5-9,12,14,16,32H,10-11,13H2,1-4H3. The molecule has 1 fully saturated rings. The van der Waals surface area contributed by atoms with E-state index in [1.165, 1.54) is 22.8 Å². The molecule has 0 saturated carbocycles. The molecule has 1 N–H and O–H groups in total.